The summed E-state index contributed by atoms with van der Waals surface area (Å²) in [5.74, 6) is -0.434. The van der Waals surface area contributed by atoms with Crippen LogP contribution in [-0.4, -0.2) is 15.9 Å². The number of fused-ring (bicyclic) bond motifs is 3. The van der Waals surface area contributed by atoms with Gasteiger partial charge in [-0.15, -0.1) is 0 Å². The molecule has 19 heavy (non-hydrogen) atoms. The third-order valence-electron chi connectivity index (χ3n) is 3.65. The summed E-state index contributed by atoms with van der Waals surface area (Å²) in [7, 11) is 0. The van der Waals surface area contributed by atoms with Crippen LogP contribution in [0.2, 0.25) is 0 Å². The second-order valence-corrected chi connectivity index (χ2v) is 5.17. The smallest absolute Gasteiger partial charge is 0.176 e. The van der Waals surface area contributed by atoms with Crippen LogP contribution < -0.4 is 0 Å². The summed E-state index contributed by atoms with van der Waals surface area (Å²) in [4.78, 5) is 16.8. The molecular weight excluding hydrogens is 238 g/mol. The monoisotopic (exact) mass is 253 g/mol. The predicted octanol–water partition coefficient (Wildman–Crippen LogP) is 2.52. The highest BCUT2D eigenvalue weighted by Crippen LogP contribution is 2.47. The van der Waals surface area contributed by atoms with E-state index in [0.29, 0.717) is 16.8 Å². The van der Waals surface area contributed by atoms with Gasteiger partial charge in [0, 0.05) is 28.8 Å². The molecule has 3 heteroatoms. The van der Waals surface area contributed by atoms with E-state index in [1.165, 1.54) is 0 Å². The molecule has 0 spiro atoms. The van der Waals surface area contributed by atoms with E-state index in [2.05, 4.69) is 4.98 Å². The van der Waals surface area contributed by atoms with Crippen molar-refractivity contribution in [3.05, 3.63) is 53.7 Å². The number of rotatable bonds is 2. The van der Waals surface area contributed by atoms with Gasteiger partial charge in [0.15, 0.2) is 11.4 Å². The van der Waals surface area contributed by atoms with Gasteiger partial charge in [-0.25, -0.2) is 0 Å². The molecule has 3 nitrogen and oxygen atoms in total. The fraction of sp³-hybridized carbons (Fsp3) is 0.250. The largest absolute Gasteiger partial charge is 0.373 e. The van der Waals surface area contributed by atoms with Crippen LogP contribution in [-0.2, 0) is 10.4 Å². The Morgan fingerprint density at radius 3 is 2.58 bits per heavy atom. The average molecular weight is 253 g/mol. The molecule has 0 saturated heterocycles. The van der Waals surface area contributed by atoms with E-state index in [1.54, 1.807) is 38.2 Å². The highest BCUT2D eigenvalue weighted by atomic mass is 16.3. The number of aliphatic hydroxyl groups is 1. The van der Waals surface area contributed by atoms with E-state index >= 15 is 0 Å². The van der Waals surface area contributed by atoms with Crippen LogP contribution in [0.25, 0.3) is 11.3 Å². The van der Waals surface area contributed by atoms with Crippen molar-refractivity contribution >= 4 is 5.78 Å². The Bertz CT molecular complexity index is 616. The van der Waals surface area contributed by atoms with Gasteiger partial charge in [-0.3, -0.25) is 9.78 Å². The molecule has 2 aromatic rings. The third kappa shape index (κ3) is 1.48. The van der Waals surface area contributed by atoms with Gasteiger partial charge < -0.3 is 5.11 Å². The Morgan fingerprint density at radius 2 is 1.84 bits per heavy atom. The second kappa shape index (κ2) is 4.00. The zero-order valence-electron chi connectivity index (χ0n) is 10.9. The van der Waals surface area contributed by atoms with Gasteiger partial charge in [-0.05, 0) is 6.07 Å². The Hall–Kier alpha value is -2.00. The van der Waals surface area contributed by atoms with Gasteiger partial charge in [-0.1, -0.05) is 44.2 Å². The molecule has 0 amide bonds. The van der Waals surface area contributed by atoms with Gasteiger partial charge in [0.25, 0.3) is 0 Å². The molecule has 1 heterocycles. The number of carbonyl (C=O) groups is 1. The minimum absolute atomic E-state index is 0.188. The number of pyridine rings is 1. The van der Waals surface area contributed by atoms with Crippen molar-refractivity contribution in [2.24, 2.45) is 5.92 Å². The molecule has 1 aliphatic rings. The van der Waals surface area contributed by atoms with Crippen LogP contribution in [0.15, 0.2) is 42.6 Å². The van der Waals surface area contributed by atoms with Crippen molar-refractivity contribution in [1.29, 1.82) is 0 Å². The van der Waals surface area contributed by atoms with Gasteiger partial charge in [0.2, 0.25) is 0 Å². The van der Waals surface area contributed by atoms with Gasteiger partial charge in [0.05, 0.1) is 5.69 Å². The molecule has 1 N–H and O–H groups in total. The lowest BCUT2D eigenvalue weighted by molar-refractivity contribution is -0.137. The first-order chi connectivity index (χ1) is 9.06. The maximum absolute atomic E-state index is 12.5. The lowest BCUT2D eigenvalue weighted by atomic mass is 9.83. The third-order valence-corrected chi connectivity index (χ3v) is 3.65. The fourth-order valence-corrected chi connectivity index (χ4v) is 2.75. The summed E-state index contributed by atoms with van der Waals surface area (Å²) in [6.45, 7) is 3.61. The van der Waals surface area contributed by atoms with Crippen molar-refractivity contribution < 1.29 is 9.90 Å². The van der Waals surface area contributed by atoms with Crippen molar-refractivity contribution in [3.8, 4) is 11.3 Å². The highest BCUT2D eigenvalue weighted by Gasteiger charge is 2.48. The van der Waals surface area contributed by atoms with E-state index in [0.717, 1.165) is 5.56 Å². The molecule has 0 radical (unpaired) electrons. The average Bonchev–Trinajstić information content (AvgIpc) is 2.70. The van der Waals surface area contributed by atoms with Crippen molar-refractivity contribution in [3.63, 3.8) is 0 Å². The number of nitrogens with zero attached hydrogens (tertiary/aromatic N) is 1. The molecule has 1 atom stereocenters. The predicted molar refractivity (Wildman–Crippen MR) is 72.5 cm³/mol. The molecule has 1 aliphatic carbocycles. The Balaban J connectivity index is 2.34. The molecular formula is C16H15NO2. The number of hydrogen-bond donors (Lipinski definition) is 1. The SMILES string of the molecule is CC(C)C(=O)C1(O)c2ccccc2-c2ncccc21. The fourth-order valence-electron chi connectivity index (χ4n) is 2.75. The summed E-state index contributed by atoms with van der Waals surface area (Å²) in [5, 5.41) is 11.0. The maximum atomic E-state index is 12.5. The van der Waals surface area contributed by atoms with Crippen LogP contribution in [0, 0.1) is 5.92 Å². The van der Waals surface area contributed by atoms with E-state index in [9.17, 15) is 9.90 Å². The second-order valence-electron chi connectivity index (χ2n) is 5.17. The summed E-state index contributed by atoms with van der Waals surface area (Å²) in [6.07, 6.45) is 1.68. The number of aromatic nitrogens is 1. The summed E-state index contributed by atoms with van der Waals surface area (Å²) < 4.78 is 0. The molecule has 0 bridgehead atoms. The van der Waals surface area contributed by atoms with Crippen LogP contribution >= 0.6 is 0 Å². The Labute approximate surface area is 111 Å². The van der Waals surface area contributed by atoms with Gasteiger partial charge in [-0.2, -0.15) is 0 Å². The van der Waals surface area contributed by atoms with Crippen molar-refractivity contribution in [2.75, 3.05) is 0 Å². The number of Topliss-reactive ketones (excluding diaryl/α,β-unsaturated/α-hetero) is 1. The lowest BCUT2D eigenvalue weighted by Crippen LogP contribution is -2.38. The van der Waals surface area contributed by atoms with Gasteiger partial charge in [0.1, 0.15) is 0 Å². The molecule has 1 unspecified atom stereocenters. The summed E-state index contributed by atoms with van der Waals surface area (Å²) in [6, 6.07) is 11.0. The molecule has 96 valence electrons. The number of carbonyl (C=O) groups excluding carboxylic acids is 1. The molecule has 0 saturated carbocycles. The first kappa shape index (κ1) is 12.1. The normalized spacial score (nSPS) is 20.2. The quantitative estimate of drug-likeness (QED) is 0.894. The van der Waals surface area contributed by atoms with Gasteiger partial charge >= 0.3 is 0 Å². The first-order valence-corrected chi connectivity index (χ1v) is 6.39. The standard InChI is InChI=1S/C16H15NO2/c1-10(2)15(18)16(19)12-7-4-3-6-11(12)14-13(16)8-5-9-17-14/h3-10,19H,1-2H3. The van der Waals surface area contributed by atoms with Crippen LogP contribution in [0.5, 0.6) is 0 Å². The Morgan fingerprint density at radius 1 is 1.16 bits per heavy atom. The molecule has 1 aromatic heterocycles. The number of benzene rings is 1. The van der Waals surface area contributed by atoms with E-state index in [-0.39, 0.29) is 11.7 Å². The lowest BCUT2D eigenvalue weighted by Gasteiger charge is -2.25. The molecule has 0 fully saturated rings. The number of ketones is 1. The Kier molecular flexibility index (Phi) is 2.54. The summed E-state index contributed by atoms with van der Waals surface area (Å²) in [5.41, 5.74) is 1.22. The van der Waals surface area contributed by atoms with E-state index < -0.39 is 5.60 Å². The molecule has 1 aromatic carbocycles. The van der Waals surface area contributed by atoms with Crippen LogP contribution in [0.4, 0.5) is 0 Å². The van der Waals surface area contributed by atoms with Crippen molar-refractivity contribution in [2.45, 2.75) is 19.4 Å². The maximum Gasteiger partial charge on any atom is 0.176 e. The first-order valence-electron chi connectivity index (χ1n) is 6.39. The minimum atomic E-state index is -1.56. The van der Waals surface area contributed by atoms with E-state index in [1.807, 2.05) is 18.2 Å². The molecule has 3 rings (SSSR count). The highest BCUT2D eigenvalue weighted by molar-refractivity contribution is 5.99. The molecule has 0 aliphatic heterocycles. The van der Waals surface area contributed by atoms with Crippen LogP contribution in [0.3, 0.4) is 0 Å². The van der Waals surface area contributed by atoms with Crippen LogP contribution in [0.1, 0.15) is 25.0 Å². The van der Waals surface area contributed by atoms with Crippen molar-refractivity contribution in [1.82, 2.24) is 4.98 Å². The number of hydrogen-bond acceptors (Lipinski definition) is 3. The van der Waals surface area contributed by atoms with E-state index in [4.69, 9.17) is 0 Å². The summed E-state index contributed by atoms with van der Waals surface area (Å²) >= 11 is 0. The zero-order chi connectivity index (χ0) is 13.6. The zero-order valence-corrected chi connectivity index (χ0v) is 10.9. The topological polar surface area (TPSA) is 50.2 Å². The minimum Gasteiger partial charge on any atom is -0.373 e.